The lowest BCUT2D eigenvalue weighted by atomic mass is 9.95. The molecule has 0 bridgehead atoms. The predicted octanol–water partition coefficient (Wildman–Crippen LogP) is 2.65. The van der Waals surface area contributed by atoms with Crippen molar-refractivity contribution in [2.24, 2.45) is 0 Å². The van der Waals surface area contributed by atoms with E-state index in [0.29, 0.717) is 5.56 Å². The molecule has 0 aliphatic carbocycles. The summed E-state index contributed by atoms with van der Waals surface area (Å²) < 4.78 is 38.3. The van der Waals surface area contributed by atoms with Crippen molar-refractivity contribution < 1.29 is 18.3 Å². The lowest BCUT2D eigenvalue weighted by molar-refractivity contribution is -0.137. The number of benzene rings is 1. The first-order chi connectivity index (χ1) is 9.71. The van der Waals surface area contributed by atoms with Gasteiger partial charge in [0.05, 0.1) is 5.56 Å². The molecular weight excluding hydrogens is 283 g/mol. The number of aryl methyl sites for hydroxylation is 1. The highest BCUT2D eigenvalue weighted by Crippen LogP contribution is 2.36. The molecule has 1 heterocycles. The van der Waals surface area contributed by atoms with E-state index in [2.05, 4.69) is 4.98 Å². The van der Waals surface area contributed by atoms with Crippen LogP contribution in [0.2, 0.25) is 0 Å². The average molecular weight is 297 g/mol. The number of aliphatic hydroxyl groups excluding tert-OH is 1. The molecule has 2 rings (SSSR count). The molecule has 1 aromatic heterocycles. The molecule has 7 heteroatoms. The van der Waals surface area contributed by atoms with Crippen molar-refractivity contribution in [3.05, 3.63) is 52.7 Å². The van der Waals surface area contributed by atoms with Crippen LogP contribution in [0.15, 0.2) is 30.5 Å². The van der Waals surface area contributed by atoms with E-state index in [1.807, 2.05) is 0 Å². The van der Waals surface area contributed by atoms with Crippen molar-refractivity contribution in [1.82, 2.24) is 4.98 Å². The van der Waals surface area contributed by atoms with Gasteiger partial charge in [-0.05, 0) is 36.8 Å². The molecule has 112 valence electrons. The number of nitrogen functional groups attached to an aromatic ring is 2. The minimum atomic E-state index is -4.52. The van der Waals surface area contributed by atoms with Gasteiger partial charge in [-0.15, -0.1) is 0 Å². The van der Waals surface area contributed by atoms with Crippen LogP contribution < -0.4 is 11.5 Å². The minimum Gasteiger partial charge on any atom is -0.398 e. The van der Waals surface area contributed by atoms with E-state index in [9.17, 15) is 18.3 Å². The summed E-state index contributed by atoms with van der Waals surface area (Å²) in [7, 11) is 0. The maximum atomic E-state index is 12.8. The third-order valence-electron chi connectivity index (χ3n) is 3.22. The number of hydrogen-bond acceptors (Lipinski definition) is 4. The molecule has 0 radical (unpaired) electrons. The van der Waals surface area contributed by atoms with Crippen molar-refractivity contribution >= 4 is 11.5 Å². The molecule has 2 aromatic rings. The van der Waals surface area contributed by atoms with Gasteiger partial charge in [0.15, 0.2) is 0 Å². The largest absolute Gasteiger partial charge is 0.416 e. The van der Waals surface area contributed by atoms with Crippen LogP contribution in [0.25, 0.3) is 0 Å². The highest BCUT2D eigenvalue weighted by molar-refractivity contribution is 5.57. The van der Waals surface area contributed by atoms with Crippen molar-refractivity contribution in [3.8, 4) is 0 Å². The quantitative estimate of drug-likeness (QED) is 0.744. The van der Waals surface area contributed by atoms with E-state index in [-0.39, 0.29) is 22.6 Å². The topological polar surface area (TPSA) is 85.2 Å². The highest BCUT2D eigenvalue weighted by atomic mass is 19.4. The second-order valence-electron chi connectivity index (χ2n) is 4.67. The standard InChI is InChI=1S/C14H14F3N3O/c1-7-4-5-20-13(19)11(7)12(21)9-6-8(14(15,16)17)2-3-10(9)18/h2-6,12,21H,18H2,1H3,(H2,19,20). The van der Waals surface area contributed by atoms with Gasteiger partial charge in [-0.25, -0.2) is 4.98 Å². The normalized spacial score (nSPS) is 13.2. The Labute approximate surface area is 119 Å². The number of aromatic nitrogens is 1. The van der Waals surface area contributed by atoms with E-state index >= 15 is 0 Å². The summed E-state index contributed by atoms with van der Waals surface area (Å²) in [6, 6.07) is 4.42. The van der Waals surface area contributed by atoms with Crippen molar-refractivity contribution in [3.63, 3.8) is 0 Å². The van der Waals surface area contributed by atoms with Crippen molar-refractivity contribution in [1.29, 1.82) is 0 Å². The molecule has 0 aliphatic rings. The second kappa shape index (κ2) is 5.25. The van der Waals surface area contributed by atoms with E-state index in [1.54, 1.807) is 13.0 Å². The Morgan fingerprint density at radius 2 is 1.86 bits per heavy atom. The Morgan fingerprint density at radius 3 is 2.43 bits per heavy atom. The number of alkyl halides is 3. The van der Waals surface area contributed by atoms with Gasteiger partial charge in [0.1, 0.15) is 11.9 Å². The number of anilines is 2. The van der Waals surface area contributed by atoms with E-state index in [4.69, 9.17) is 11.5 Å². The number of halogens is 3. The fraction of sp³-hybridized carbons (Fsp3) is 0.214. The summed E-state index contributed by atoms with van der Waals surface area (Å²) in [6.07, 6.45) is -4.44. The van der Waals surface area contributed by atoms with Crippen molar-refractivity contribution in [2.75, 3.05) is 11.5 Å². The summed E-state index contributed by atoms with van der Waals surface area (Å²) in [4.78, 5) is 3.84. The van der Waals surface area contributed by atoms with Gasteiger partial charge in [0, 0.05) is 23.0 Å². The molecular formula is C14H14F3N3O. The average Bonchev–Trinajstić information content (AvgIpc) is 2.37. The van der Waals surface area contributed by atoms with Crippen LogP contribution in [-0.2, 0) is 6.18 Å². The van der Waals surface area contributed by atoms with Crippen LogP contribution in [0.3, 0.4) is 0 Å². The number of rotatable bonds is 2. The first-order valence-corrected chi connectivity index (χ1v) is 6.07. The fourth-order valence-corrected chi connectivity index (χ4v) is 2.09. The molecule has 1 unspecified atom stereocenters. The van der Waals surface area contributed by atoms with Gasteiger partial charge >= 0.3 is 6.18 Å². The highest BCUT2D eigenvalue weighted by Gasteiger charge is 2.32. The van der Waals surface area contributed by atoms with Crippen LogP contribution >= 0.6 is 0 Å². The SMILES string of the molecule is Cc1ccnc(N)c1C(O)c1cc(C(F)(F)F)ccc1N. The van der Waals surface area contributed by atoms with E-state index in [0.717, 1.165) is 18.2 Å². The molecule has 0 amide bonds. The first-order valence-electron chi connectivity index (χ1n) is 6.07. The molecule has 4 nitrogen and oxygen atoms in total. The molecule has 0 fully saturated rings. The first kappa shape index (κ1) is 15.1. The van der Waals surface area contributed by atoms with E-state index in [1.165, 1.54) is 6.20 Å². The number of aliphatic hydroxyl groups is 1. The van der Waals surface area contributed by atoms with Gasteiger partial charge < -0.3 is 16.6 Å². The molecule has 0 aliphatic heterocycles. The maximum absolute atomic E-state index is 12.8. The smallest absolute Gasteiger partial charge is 0.398 e. The van der Waals surface area contributed by atoms with E-state index < -0.39 is 17.8 Å². The third-order valence-corrected chi connectivity index (χ3v) is 3.22. The summed E-state index contributed by atoms with van der Waals surface area (Å²) in [5.41, 5.74) is 11.4. The zero-order chi connectivity index (χ0) is 15.8. The van der Waals surface area contributed by atoms with Crippen LogP contribution in [0, 0.1) is 6.92 Å². The molecule has 0 spiro atoms. The van der Waals surface area contributed by atoms with Gasteiger partial charge in [-0.3, -0.25) is 0 Å². The summed E-state index contributed by atoms with van der Waals surface area (Å²) in [5, 5.41) is 10.4. The Balaban J connectivity index is 2.56. The zero-order valence-corrected chi connectivity index (χ0v) is 11.1. The Kier molecular flexibility index (Phi) is 3.78. The van der Waals surface area contributed by atoms with Crippen molar-refractivity contribution in [2.45, 2.75) is 19.2 Å². The Bertz CT molecular complexity index is 651. The molecule has 0 saturated heterocycles. The molecule has 0 saturated carbocycles. The summed E-state index contributed by atoms with van der Waals surface area (Å²) in [6.45, 7) is 1.68. The number of pyridine rings is 1. The van der Waals surface area contributed by atoms with Gasteiger partial charge in [0.2, 0.25) is 0 Å². The Hall–Kier alpha value is -2.28. The van der Waals surface area contributed by atoms with Crippen LogP contribution in [-0.4, -0.2) is 10.1 Å². The third kappa shape index (κ3) is 2.92. The monoisotopic (exact) mass is 297 g/mol. The van der Waals surface area contributed by atoms with Gasteiger partial charge in [0.25, 0.3) is 0 Å². The maximum Gasteiger partial charge on any atom is 0.416 e. The lowest BCUT2D eigenvalue weighted by Gasteiger charge is -2.19. The summed E-state index contributed by atoms with van der Waals surface area (Å²) in [5.74, 6) is 0.0549. The number of nitrogens with two attached hydrogens (primary N) is 2. The fourth-order valence-electron chi connectivity index (χ4n) is 2.09. The molecule has 5 N–H and O–H groups in total. The van der Waals surface area contributed by atoms with Gasteiger partial charge in [-0.1, -0.05) is 0 Å². The second-order valence-corrected chi connectivity index (χ2v) is 4.67. The van der Waals surface area contributed by atoms with Crippen LogP contribution in [0.4, 0.5) is 24.7 Å². The minimum absolute atomic E-state index is 0.0485. The van der Waals surface area contributed by atoms with Crippen LogP contribution in [0.5, 0.6) is 0 Å². The molecule has 1 aromatic carbocycles. The zero-order valence-electron chi connectivity index (χ0n) is 11.1. The predicted molar refractivity (Wildman–Crippen MR) is 73.3 cm³/mol. The molecule has 1 atom stereocenters. The van der Waals surface area contributed by atoms with Crippen LogP contribution in [0.1, 0.15) is 28.4 Å². The summed E-state index contributed by atoms with van der Waals surface area (Å²) >= 11 is 0. The number of nitrogens with zero attached hydrogens (tertiary/aromatic N) is 1. The van der Waals surface area contributed by atoms with Gasteiger partial charge in [-0.2, -0.15) is 13.2 Å². The Morgan fingerprint density at radius 1 is 1.19 bits per heavy atom. The molecule has 21 heavy (non-hydrogen) atoms. The lowest BCUT2D eigenvalue weighted by Crippen LogP contribution is -2.12. The number of hydrogen-bond donors (Lipinski definition) is 3.